The molecule has 1 aromatic rings. The number of carbonyl (C=O) groups is 2. The van der Waals surface area contributed by atoms with Crippen molar-refractivity contribution in [2.75, 3.05) is 30.9 Å². The highest BCUT2D eigenvalue weighted by atomic mass is 16.5. The summed E-state index contributed by atoms with van der Waals surface area (Å²) < 4.78 is 4.81. The number of nitrogens with two attached hydrogens (primary N) is 1. The van der Waals surface area contributed by atoms with E-state index in [0.717, 1.165) is 0 Å². The molecule has 0 saturated carbocycles. The minimum absolute atomic E-state index is 0.178. The molecule has 0 unspecified atom stereocenters. The van der Waals surface area contributed by atoms with Crippen LogP contribution in [-0.2, 0) is 14.3 Å². The molecule has 22 heavy (non-hydrogen) atoms. The van der Waals surface area contributed by atoms with Gasteiger partial charge >= 0.3 is 0 Å². The maximum atomic E-state index is 11.9. The van der Waals surface area contributed by atoms with Crippen molar-refractivity contribution in [3.8, 4) is 6.07 Å². The molecule has 0 fully saturated rings. The molecule has 0 heterocycles. The third-order valence-corrected chi connectivity index (χ3v) is 2.73. The van der Waals surface area contributed by atoms with Crippen molar-refractivity contribution in [3.63, 3.8) is 0 Å². The van der Waals surface area contributed by atoms with E-state index >= 15 is 0 Å². The van der Waals surface area contributed by atoms with Gasteiger partial charge in [0.15, 0.2) is 0 Å². The molecular weight excluding hydrogens is 284 g/mol. The van der Waals surface area contributed by atoms with Crippen LogP contribution < -0.4 is 16.0 Å². The van der Waals surface area contributed by atoms with Crippen LogP contribution in [0.3, 0.4) is 0 Å². The summed E-state index contributed by atoms with van der Waals surface area (Å²) >= 11 is 0. The molecule has 0 saturated heterocycles. The van der Waals surface area contributed by atoms with Crippen molar-refractivity contribution in [2.45, 2.75) is 6.92 Å². The molecule has 0 aromatic heterocycles. The number of carbonyl (C=O) groups excluding carboxylic acids is 2. The Hall–Kier alpha value is -2.85. The van der Waals surface area contributed by atoms with Crippen LogP contribution in [0.25, 0.3) is 0 Å². The maximum absolute atomic E-state index is 11.9. The Bertz CT molecular complexity index is 602. The molecule has 3 N–H and O–H groups in total. The molecule has 0 aliphatic rings. The summed E-state index contributed by atoms with van der Waals surface area (Å²) in [4.78, 5) is 24.8. The second-order valence-electron chi connectivity index (χ2n) is 4.38. The third kappa shape index (κ3) is 4.92. The molecule has 1 rings (SSSR count). The van der Waals surface area contributed by atoms with Crippen LogP contribution in [0.2, 0.25) is 0 Å². The number of hydrogen-bond donors (Lipinski definition) is 2. The highest BCUT2D eigenvalue weighted by molar-refractivity contribution is 6.01. The minimum atomic E-state index is -0.568. The van der Waals surface area contributed by atoms with Crippen LogP contribution in [-0.4, -0.2) is 32.1 Å². The third-order valence-electron chi connectivity index (χ3n) is 2.73. The fraction of sp³-hybridized carbons (Fsp3) is 0.267. The number of nitrogens with zero attached hydrogens (tertiary/aromatic N) is 2. The summed E-state index contributed by atoms with van der Waals surface area (Å²) in [6.45, 7) is 1.94. The van der Waals surface area contributed by atoms with E-state index in [-0.39, 0.29) is 18.0 Å². The molecule has 0 spiro atoms. The van der Waals surface area contributed by atoms with Crippen molar-refractivity contribution in [1.29, 1.82) is 5.26 Å². The second-order valence-corrected chi connectivity index (χ2v) is 4.38. The van der Waals surface area contributed by atoms with Crippen molar-refractivity contribution in [1.82, 2.24) is 5.32 Å². The summed E-state index contributed by atoms with van der Waals surface area (Å²) in [7, 11) is 1.51. The standard InChI is InChI=1S/C15H18N4O3/c1-11(20)19(14-5-3-13(17)4-6-14)10-12(9-16)15(21)18-7-8-22-2/h3-6,10H,7-8,17H2,1-2H3,(H,18,21)/b12-10-. The summed E-state index contributed by atoms with van der Waals surface area (Å²) in [5, 5.41) is 11.6. The van der Waals surface area contributed by atoms with E-state index in [4.69, 9.17) is 15.7 Å². The lowest BCUT2D eigenvalue weighted by molar-refractivity contribution is -0.117. The van der Waals surface area contributed by atoms with E-state index in [1.807, 2.05) is 0 Å². The number of nitriles is 1. The molecule has 7 heteroatoms. The van der Waals surface area contributed by atoms with Crippen LogP contribution in [0.4, 0.5) is 11.4 Å². The van der Waals surface area contributed by atoms with Gasteiger partial charge in [0.05, 0.1) is 6.61 Å². The van der Waals surface area contributed by atoms with E-state index < -0.39 is 5.91 Å². The maximum Gasteiger partial charge on any atom is 0.263 e. The van der Waals surface area contributed by atoms with Gasteiger partial charge in [-0.3, -0.25) is 14.5 Å². The zero-order valence-corrected chi connectivity index (χ0v) is 12.5. The number of ether oxygens (including phenoxy) is 1. The zero-order chi connectivity index (χ0) is 16.5. The zero-order valence-electron chi connectivity index (χ0n) is 12.5. The molecular formula is C15H18N4O3. The van der Waals surface area contributed by atoms with Gasteiger partial charge in [-0.1, -0.05) is 0 Å². The molecule has 7 nitrogen and oxygen atoms in total. The van der Waals surface area contributed by atoms with Gasteiger partial charge in [0.2, 0.25) is 5.91 Å². The first-order valence-electron chi connectivity index (χ1n) is 6.54. The lowest BCUT2D eigenvalue weighted by atomic mass is 10.2. The van der Waals surface area contributed by atoms with E-state index in [1.165, 1.54) is 25.1 Å². The average molecular weight is 302 g/mol. The van der Waals surface area contributed by atoms with Gasteiger partial charge in [-0.15, -0.1) is 0 Å². The summed E-state index contributed by atoms with van der Waals surface area (Å²) in [6.07, 6.45) is 1.20. The fourth-order valence-electron chi connectivity index (χ4n) is 1.61. The number of rotatable bonds is 6. The first-order chi connectivity index (χ1) is 10.5. The van der Waals surface area contributed by atoms with Gasteiger partial charge in [0.1, 0.15) is 11.6 Å². The van der Waals surface area contributed by atoms with Crippen molar-refractivity contribution in [2.24, 2.45) is 0 Å². The smallest absolute Gasteiger partial charge is 0.263 e. The van der Waals surface area contributed by atoms with Crippen molar-refractivity contribution in [3.05, 3.63) is 36.0 Å². The number of amides is 2. The molecule has 116 valence electrons. The molecule has 0 aliphatic carbocycles. The summed E-state index contributed by atoms with van der Waals surface area (Å²) in [6, 6.07) is 8.30. The number of nitrogens with one attached hydrogen (secondary N) is 1. The number of hydrogen-bond acceptors (Lipinski definition) is 5. The molecule has 2 amide bonds. The summed E-state index contributed by atoms with van der Waals surface area (Å²) in [5.41, 5.74) is 6.48. The van der Waals surface area contributed by atoms with E-state index in [9.17, 15) is 9.59 Å². The highest BCUT2D eigenvalue weighted by Crippen LogP contribution is 2.18. The number of benzene rings is 1. The molecule has 1 aromatic carbocycles. The van der Waals surface area contributed by atoms with E-state index in [0.29, 0.717) is 18.0 Å². The largest absolute Gasteiger partial charge is 0.399 e. The van der Waals surface area contributed by atoms with Gasteiger partial charge in [-0.05, 0) is 24.3 Å². The Morgan fingerprint density at radius 1 is 1.41 bits per heavy atom. The minimum Gasteiger partial charge on any atom is -0.399 e. The Kier molecular flexibility index (Phi) is 6.60. The van der Waals surface area contributed by atoms with Crippen LogP contribution in [0.5, 0.6) is 0 Å². The second kappa shape index (κ2) is 8.44. The Morgan fingerprint density at radius 3 is 2.55 bits per heavy atom. The van der Waals surface area contributed by atoms with E-state index in [1.54, 1.807) is 30.3 Å². The van der Waals surface area contributed by atoms with Crippen LogP contribution in [0.15, 0.2) is 36.0 Å². The fourth-order valence-corrected chi connectivity index (χ4v) is 1.61. The molecule has 0 aliphatic heterocycles. The van der Waals surface area contributed by atoms with Crippen LogP contribution >= 0.6 is 0 Å². The lowest BCUT2D eigenvalue weighted by Crippen LogP contribution is -2.30. The van der Waals surface area contributed by atoms with E-state index in [2.05, 4.69) is 5.32 Å². The van der Waals surface area contributed by atoms with Gasteiger partial charge in [-0.25, -0.2) is 0 Å². The molecule has 0 atom stereocenters. The molecule has 0 radical (unpaired) electrons. The Morgan fingerprint density at radius 2 is 2.05 bits per heavy atom. The van der Waals surface area contributed by atoms with Crippen LogP contribution in [0.1, 0.15) is 6.92 Å². The number of anilines is 2. The van der Waals surface area contributed by atoms with Crippen molar-refractivity contribution >= 4 is 23.2 Å². The van der Waals surface area contributed by atoms with Gasteiger partial charge < -0.3 is 15.8 Å². The van der Waals surface area contributed by atoms with Gasteiger partial charge in [0, 0.05) is 38.2 Å². The number of methoxy groups -OCH3 is 1. The van der Waals surface area contributed by atoms with Gasteiger partial charge in [-0.2, -0.15) is 5.26 Å². The molecule has 0 bridgehead atoms. The van der Waals surface area contributed by atoms with Crippen LogP contribution in [0, 0.1) is 11.3 Å². The SMILES string of the molecule is COCCNC(=O)/C(C#N)=C\N(C(C)=O)c1ccc(N)cc1. The number of nitrogen functional groups attached to an aromatic ring is 1. The normalized spacial score (nSPS) is 10.7. The van der Waals surface area contributed by atoms with Gasteiger partial charge in [0.25, 0.3) is 5.91 Å². The predicted octanol–water partition coefficient (Wildman–Crippen LogP) is 0.792. The topological polar surface area (TPSA) is 108 Å². The Labute approximate surface area is 129 Å². The quantitative estimate of drug-likeness (QED) is 0.349. The van der Waals surface area contributed by atoms with Crippen molar-refractivity contribution < 1.29 is 14.3 Å². The average Bonchev–Trinajstić information content (AvgIpc) is 2.49. The summed E-state index contributed by atoms with van der Waals surface area (Å²) in [5.74, 6) is -0.900. The Balaban J connectivity index is 2.99. The predicted molar refractivity (Wildman–Crippen MR) is 82.6 cm³/mol. The first-order valence-corrected chi connectivity index (χ1v) is 6.54. The first kappa shape index (κ1) is 17.2. The lowest BCUT2D eigenvalue weighted by Gasteiger charge is -2.17. The highest BCUT2D eigenvalue weighted by Gasteiger charge is 2.14. The monoisotopic (exact) mass is 302 g/mol.